The Kier molecular flexibility index (Phi) is 15.3. The van der Waals surface area contributed by atoms with Gasteiger partial charge in [0.15, 0.2) is 0 Å². The first kappa shape index (κ1) is 16.2. The van der Waals surface area contributed by atoms with Gasteiger partial charge in [0.2, 0.25) is 0 Å². The minimum atomic E-state index is 0. The highest BCUT2D eigenvalue weighted by Crippen LogP contribution is 1.94. The van der Waals surface area contributed by atoms with E-state index >= 15 is 0 Å². The van der Waals surface area contributed by atoms with Crippen molar-refractivity contribution < 1.29 is 4.29 Å². The van der Waals surface area contributed by atoms with Crippen LogP contribution in [0.25, 0.3) is 0 Å². The van der Waals surface area contributed by atoms with Gasteiger partial charge in [0.25, 0.3) is 0 Å². The molecule has 0 heterocycles. The molecule has 0 spiro atoms. The molecule has 0 rings (SSSR count). The molecule has 60 valence electrons. The molecule has 0 amide bonds. The molecule has 0 aliphatic heterocycles. The fraction of sp³-hybridized carbons (Fsp3) is 1.00. The van der Waals surface area contributed by atoms with Crippen LogP contribution in [-0.4, -0.2) is 25.2 Å². The van der Waals surface area contributed by atoms with Crippen molar-refractivity contribution in [3.8, 4) is 0 Å². The van der Waals surface area contributed by atoms with E-state index in [1.54, 1.807) is 0 Å². The third-order valence-corrected chi connectivity index (χ3v) is 1.11. The molecule has 0 radical (unpaired) electrons. The van der Waals surface area contributed by atoms with Crippen LogP contribution in [0.2, 0.25) is 0 Å². The molecule has 0 aromatic carbocycles. The lowest BCUT2D eigenvalue weighted by atomic mass is 10.6. The third kappa shape index (κ3) is 8.46. The summed E-state index contributed by atoms with van der Waals surface area (Å²) in [7, 11) is 3.79. The van der Waals surface area contributed by atoms with Gasteiger partial charge in [0.05, 0.1) is 11.9 Å². The monoisotopic (exact) mass is 176 g/mol. The lowest BCUT2D eigenvalue weighted by Crippen LogP contribution is -2.24. The SMILES string of the molecule is CC(OCl)N(C)C.Cl.N. The van der Waals surface area contributed by atoms with E-state index in [2.05, 4.69) is 4.29 Å². The van der Waals surface area contributed by atoms with Gasteiger partial charge < -0.3 is 6.15 Å². The molecule has 0 saturated carbocycles. The van der Waals surface area contributed by atoms with Crippen LogP contribution in [0.4, 0.5) is 0 Å². The summed E-state index contributed by atoms with van der Waals surface area (Å²) in [6, 6.07) is 0. The quantitative estimate of drug-likeness (QED) is 0.652. The van der Waals surface area contributed by atoms with Crippen molar-refractivity contribution in [1.29, 1.82) is 0 Å². The molecular formula is C4H14Cl2N2O. The second-order valence-corrected chi connectivity index (χ2v) is 1.83. The Hall–Kier alpha value is 0.460. The smallest absolute Gasteiger partial charge is 0.128 e. The number of hydrogen-bond donors (Lipinski definition) is 1. The molecule has 0 aromatic rings. The van der Waals surface area contributed by atoms with Crippen LogP contribution in [0, 0.1) is 0 Å². The molecule has 9 heavy (non-hydrogen) atoms. The van der Waals surface area contributed by atoms with Gasteiger partial charge in [-0.1, -0.05) is 0 Å². The van der Waals surface area contributed by atoms with Crippen LogP contribution in [0.1, 0.15) is 6.92 Å². The first-order valence-corrected chi connectivity index (χ1v) is 2.43. The Balaban J connectivity index is -0.000000180. The highest BCUT2D eigenvalue weighted by molar-refractivity contribution is 6.07. The van der Waals surface area contributed by atoms with Crippen LogP contribution >= 0.6 is 24.3 Å². The maximum Gasteiger partial charge on any atom is 0.128 e. The topological polar surface area (TPSA) is 47.5 Å². The van der Waals surface area contributed by atoms with Crippen molar-refractivity contribution in [2.45, 2.75) is 13.2 Å². The zero-order valence-electron chi connectivity index (χ0n) is 5.93. The molecule has 3 N–H and O–H groups in total. The number of nitrogens with zero attached hydrogens (tertiary/aromatic N) is 1. The summed E-state index contributed by atoms with van der Waals surface area (Å²) in [6.45, 7) is 1.87. The lowest BCUT2D eigenvalue weighted by molar-refractivity contribution is 0.0928. The summed E-state index contributed by atoms with van der Waals surface area (Å²) in [6.07, 6.45) is 0.00154. The minimum absolute atomic E-state index is 0. The normalized spacial score (nSPS) is 11.7. The van der Waals surface area contributed by atoms with Gasteiger partial charge in [0, 0.05) is 0 Å². The molecular weight excluding hydrogens is 163 g/mol. The Morgan fingerprint density at radius 3 is 1.78 bits per heavy atom. The predicted molar refractivity (Wildman–Crippen MR) is 42.4 cm³/mol. The molecule has 1 atom stereocenters. The van der Waals surface area contributed by atoms with E-state index in [9.17, 15) is 0 Å². The molecule has 0 aromatic heterocycles. The second kappa shape index (κ2) is 8.46. The standard InChI is InChI=1S/C4H10ClNO.ClH.H3N/c1-4(7-5)6(2)3;;/h4H,1-3H3;1H;1H3. The summed E-state index contributed by atoms with van der Waals surface area (Å²) >= 11 is 5.01. The van der Waals surface area contributed by atoms with Gasteiger partial charge in [0.1, 0.15) is 6.23 Å². The average molecular weight is 177 g/mol. The van der Waals surface area contributed by atoms with E-state index in [-0.39, 0.29) is 24.8 Å². The maximum absolute atomic E-state index is 5.01. The van der Waals surface area contributed by atoms with Gasteiger partial charge in [-0.15, -0.1) is 12.4 Å². The van der Waals surface area contributed by atoms with Crippen molar-refractivity contribution in [2.75, 3.05) is 14.1 Å². The van der Waals surface area contributed by atoms with Crippen LogP contribution in [-0.2, 0) is 4.29 Å². The summed E-state index contributed by atoms with van der Waals surface area (Å²) in [5.41, 5.74) is 0. The van der Waals surface area contributed by atoms with E-state index in [4.69, 9.17) is 11.9 Å². The third-order valence-electron chi connectivity index (χ3n) is 0.856. The molecule has 0 aliphatic rings. The summed E-state index contributed by atoms with van der Waals surface area (Å²) in [5, 5.41) is 0. The Morgan fingerprint density at radius 1 is 1.44 bits per heavy atom. The van der Waals surface area contributed by atoms with Crippen LogP contribution in [0.3, 0.4) is 0 Å². The molecule has 3 nitrogen and oxygen atoms in total. The van der Waals surface area contributed by atoms with E-state index in [0.717, 1.165) is 0 Å². The number of halogens is 2. The van der Waals surface area contributed by atoms with Crippen molar-refractivity contribution in [2.24, 2.45) is 0 Å². The predicted octanol–water partition coefficient (Wildman–Crippen LogP) is 1.65. The highest BCUT2D eigenvalue weighted by Gasteiger charge is 1.99. The van der Waals surface area contributed by atoms with Crippen molar-refractivity contribution >= 4 is 24.3 Å². The van der Waals surface area contributed by atoms with Crippen LogP contribution < -0.4 is 6.15 Å². The van der Waals surface area contributed by atoms with E-state index in [0.29, 0.717) is 0 Å². The summed E-state index contributed by atoms with van der Waals surface area (Å²) < 4.78 is 4.41. The van der Waals surface area contributed by atoms with E-state index in [1.165, 1.54) is 0 Å². The molecule has 0 fully saturated rings. The Morgan fingerprint density at radius 2 is 1.78 bits per heavy atom. The number of hydrogen-bond acceptors (Lipinski definition) is 3. The first-order chi connectivity index (χ1) is 3.18. The fourth-order valence-electron chi connectivity index (χ4n) is 0.0797. The van der Waals surface area contributed by atoms with Gasteiger partial charge in [-0.2, -0.15) is 0 Å². The van der Waals surface area contributed by atoms with Crippen molar-refractivity contribution in [3.05, 3.63) is 0 Å². The summed E-state index contributed by atoms with van der Waals surface area (Å²) in [5.74, 6) is 0. The molecule has 0 bridgehead atoms. The van der Waals surface area contributed by atoms with E-state index < -0.39 is 0 Å². The van der Waals surface area contributed by atoms with Gasteiger partial charge in [-0.05, 0) is 21.0 Å². The fourth-order valence-corrected chi connectivity index (χ4v) is 0.239. The van der Waals surface area contributed by atoms with Crippen LogP contribution in [0.15, 0.2) is 0 Å². The zero-order chi connectivity index (χ0) is 5.86. The molecule has 0 saturated heterocycles. The first-order valence-electron chi connectivity index (χ1n) is 2.12. The van der Waals surface area contributed by atoms with E-state index in [1.807, 2.05) is 25.9 Å². The van der Waals surface area contributed by atoms with Gasteiger partial charge in [-0.25, -0.2) is 0 Å². The molecule has 1 unspecified atom stereocenters. The zero-order valence-corrected chi connectivity index (χ0v) is 7.50. The Labute approximate surface area is 67.5 Å². The van der Waals surface area contributed by atoms with Crippen molar-refractivity contribution in [1.82, 2.24) is 11.1 Å². The maximum atomic E-state index is 5.01. The summed E-state index contributed by atoms with van der Waals surface area (Å²) in [4.78, 5) is 1.87. The average Bonchev–Trinajstić information content (AvgIpc) is 1.65. The minimum Gasteiger partial charge on any atom is -0.344 e. The molecule has 0 aliphatic carbocycles. The largest absolute Gasteiger partial charge is 0.344 e. The molecule has 5 heteroatoms. The van der Waals surface area contributed by atoms with Crippen LogP contribution in [0.5, 0.6) is 0 Å². The lowest BCUT2D eigenvalue weighted by Gasteiger charge is -2.14. The Bertz CT molecular complexity index is 53.8. The number of rotatable bonds is 2. The van der Waals surface area contributed by atoms with Crippen molar-refractivity contribution in [3.63, 3.8) is 0 Å². The van der Waals surface area contributed by atoms with Gasteiger partial charge in [-0.3, -0.25) is 9.19 Å². The highest BCUT2D eigenvalue weighted by atomic mass is 35.5. The van der Waals surface area contributed by atoms with Gasteiger partial charge >= 0.3 is 0 Å². The second-order valence-electron chi connectivity index (χ2n) is 1.65.